The molecule has 0 aliphatic rings. The van der Waals surface area contributed by atoms with E-state index in [1.807, 2.05) is 81.4 Å². The van der Waals surface area contributed by atoms with Gasteiger partial charge in [0.2, 0.25) is 0 Å². The molecule has 0 N–H and O–H groups in total. The predicted octanol–water partition coefficient (Wildman–Crippen LogP) is 3.19. The second-order valence-corrected chi connectivity index (χ2v) is 7.04. The summed E-state index contributed by atoms with van der Waals surface area (Å²) in [4.78, 5) is 17.5. The van der Waals surface area contributed by atoms with Crippen LogP contribution in [0.15, 0.2) is 65.7 Å². The Morgan fingerprint density at radius 1 is 1.00 bits per heavy atom. The number of benzene rings is 2. The predicted molar refractivity (Wildman–Crippen MR) is 107 cm³/mol. The van der Waals surface area contributed by atoms with E-state index in [1.165, 1.54) is 0 Å². The van der Waals surface area contributed by atoms with Crippen LogP contribution in [0.5, 0.6) is 0 Å². The third-order valence-electron chi connectivity index (χ3n) is 3.65. The van der Waals surface area contributed by atoms with Crippen molar-refractivity contribution in [2.24, 2.45) is 4.99 Å². The van der Waals surface area contributed by atoms with E-state index in [9.17, 15) is 4.79 Å². The average molecular weight is 351 g/mol. The van der Waals surface area contributed by atoms with Gasteiger partial charge in [-0.05, 0) is 20.8 Å². The number of hydrogen-bond donors (Lipinski definition) is 0. The smallest absolute Gasteiger partial charge is 0.331 e. The van der Waals surface area contributed by atoms with E-state index < -0.39 is 11.6 Å². The minimum absolute atomic E-state index is 0.334. The van der Waals surface area contributed by atoms with Gasteiger partial charge < -0.3 is 9.39 Å². The summed E-state index contributed by atoms with van der Waals surface area (Å²) in [6.45, 7) is 6.01. The van der Waals surface area contributed by atoms with Gasteiger partial charge in [0.25, 0.3) is 8.05 Å². The van der Waals surface area contributed by atoms with Gasteiger partial charge in [-0.25, -0.2) is 4.79 Å². The first kappa shape index (κ1) is 19.9. The molecule has 0 heterocycles. The zero-order valence-electron chi connectivity index (χ0n) is 15.9. The molecular formula is C21H26BNO3. The lowest BCUT2D eigenvalue weighted by Crippen LogP contribution is -2.32. The maximum Gasteiger partial charge on any atom is 0.331 e. The molecule has 4 nitrogen and oxygen atoms in total. The summed E-state index contributed by atoms with van der Waals surface area (Å²) in [6, 6.07) is 19.1. The Hall–Kier alpha value is -2.40. The number of aliphatic imine (C=N–C) groups is 1. The second kappa shape index (κ2) is 9.34. The first-order valence-corrected chi connectivity index (χ1v) is 8.81. The largest absolute Gasteiger partial charge is 0.458 e. The highest BCUT2D eigenvalue weighted by Crippen LogP contribution is 2.16. The van der Waals surface area contributed by atoms with Gasteiger partial charge in [-0.15, -0.1) is 0 Å². The number of ether oxygens (including phenoxy) is 1. The summed E-state index contributed by atoms with van der Waals surface area (Å²) in [5.41, 5.74) is 2.14. The Bertz CT molecular complexity index is 682. The van der Waals surface area contributed by atoms with E-state index in [-0.39, 0.29) is 5.97 Å². The molecular weight excluding hydrogens is 325 g/mol. The van der Waals surface area contributed by atoms with E-state index >= 15 is 0 Å². The molecule has 1 atom stereocenters. The molecule has 2 rings (SSSR count). The zero-order chi connectivity index (χ0) is 19.0. The fourth-order valence-corrected chi connectivity index (χ4v) is 2.50. The highest BCUT2D eigenvalue weighted by molar-refractivity contribution is 6.13. The topological polar surface area (TPSA) is 47.9 Å². The van der Waals surface area contributed by atoms with Crippen molar-refractivity contribution in [2.45, 2.75) is 38.8 Å². The lowest BCUT2D eigenvalue weighted by molar-refractivity contribution is -0.156. The van der Waals surface area contributed by atoms with E-state index in [1.54, 1.807) is 8.05 Å². The number of carbonyl (C=O) groups is 1. The van der Waals surface area contributed by atoms with Crippen molar-refractivity contribution in [3.8, 4) is 0 Å². The molecule has 2 aromatic carbocycles. The first-order valence-electron chi connectivity index (χ1n) is 8.81. The van der Waals surface area contributed by atoms with Crippen molar-refractivity contribution in [3.05, 3.63) is 71.8 Å². The van der Waals surface area contributed by atoms with E-state index in [4.69, 9.17) is 14.4 Å². The minimum Gasteiger partial charge on any atom is -0.458 e. The fourth-order valence-electron chi connectivity index (χ4n) is 2.50. The van der Waals surface area contributed by atoms with Crippen molar-refractivity contribution < 1.29 is 14.2 Å². The van der Waals surface area contributed by atoms with Crippen LogP contribution < -0.4 is 0 Å². The Morgan fingerprint density at radius 3 is 1.92 bits per heavy atom. The molecule has 0 aromatic heterocycles. The van der Waals surface area contributed by atoms with Crippen LogP contribution in [0.1, 0.15) is 38.3 Å². The highest BCUT2D eigenvalue weighted by atomic mass is 16.6. The van der Waals surface area contributed by atoms with Gasteiger partial charge >= 0.3 is 5.97 Å². The number of rotatable bonds is 7. The molecule has 0 saturated heterocycles. The van der Waals surface area contributed by atoms with Gasteiger partial charge in [0.1, 0.15) is 11.6 Å². The molecule has 136 valence electrons. The maximum atomic E-state index is 12.7. The van der Waals surface area contributed by atoms with Crippen LogP contribution in [0.3, 0.4) is 0 Å². The summed E-state index contributed by atoms with van der Waals surface area (Å²) in [5, 5.41) is 0. The number of hydrogen-bond acceptors (Lipinski definition) is 4. The molecule has 1 unspecified atom stereocenters. The quantitative estimate of drug-likeness (QED) is 0.437. The van der Waals surface area contributed by atoms with Gasteiger partial charge in [0.15, 0.2) is 0 Å². The summed E-state index contributed by atoms with van der Waals surface area (Å²) in [7, 11) is 1.62. The number of nitrogens with zero attached hydrogens (tertiary/aromatic N) is 1. The van der Waals surface area contributed by atoms with Gasteiger partial charge in [-0.3, -0.25) is 4.99 Å². The first-order chi connectivity index (χ1) is 12.4. The second-order valence-electron chi connectivity index (χ2n) is 7.04. The molecule has 0 saturated carbocycles. The summed E-state index contributed by atoms with van der Waals surface area (Å²) >= 11 is 0. The Labute approximate surface area is 156 Å². The Balaban J connectivity index is 2.44. The van der Waals surface area contributed by atoms with E-state index in [0.29, 0.717) is 13.0 Å². The minimum atomic E-state index is -0.621. The third kappa shape index (κ3) is 6.15. The van der Waals surface area contributed by atoms with Crippen molar-refractivity contribution >= 4 is 19.7 Å². The Kier molecular flexibility index (Phi) is 7.16. The number of esters is 1. The monoisotopic (exact) mass is 351 g/mol. The fraction of sp³-hybridized carbons (Fsp3) is 0.333. The van der Waals surface area contributed by atoms with Crippen LogP contribution in [-0.2, 0) is 14.2 Å². The van der Waals surface area contributed by atoms with Crippen molar-refractivity contribution in [1.82, 2.24) is 0 Å². The van der Waals surface area contributed by atoms with E-state index in [0.717, 1.165) is 16.8 Å². The molecule has 2 aromatic rings. The summed E-state index contributed by atoms with van der Waals surface area (Å²) < 4.78 is 10.7. The molecule has 0 aliphatic carbocycles. The zero-order valence-corrected chi connectivity index (χ0v) is 15.9. The van der Waals surface area contributed by atoms with Crippen molar-refractivity contribution in [2.75, 3.05) is 6.61 Å². The molecule has 5 heteroatoms. The van der Waals surface area contributed by atoms with Crippen molar-refractivity contribution in [1.29, 1.82) is 0 Å². The Morgan fingerprint density at radius 2 is 1.50 bits per heavy atom. The molecule has 0 spiro atoms. The lowest BCUT2D eigenvalue weighted by atomic mass is 10.0. The van der Waals surface area contributed by atoms with E-state index in [2.05, 4.69) is 0 Å². The standard InChI is InChI=1S/C21H26BNO3/c1-21(2,3)26-20(24)18(14-15-25-22)23-19(16-10-6-4-7-11-16)17-12-8-5-9-13-17/h4-13,18H,14-15,22H2,1-3H3. The maximum absolute atomic E-state index is 12.7. The van der Waals surface area contributed by atoms with Crippen LogP contribution in [0, 0.1) is 0 Å². The average Bonchev–Trinajstić information content (AvgIpc) is 2.62. The van der Waals surface area contributed by atoms with Crippen LogP contribution in [-0.4, -0.2) is 38.0 Å². The molecule has 0 bridgehead atoms. The van der Waals surface area contributed by atoms with Gasteiger partial charge in [-0.1, -0.05) is 60.7 Å². The molecule has 26 heavy (non-hydrogen) atoms. The molecule has 0 fully saturated rings. The van der Waals surface area contributed by atoms with Crippen LogP contribution in [0.25, 0.3) is 0 Å². The molecule has 0 amide bonds. The lowest BCUT2D eigenvalue weighted by Gasteiger charge is -2.23. The van der Waals surface area contributed by atoms with Crippen LogP contribution in [0.2, 0.25) is 0 Å². The molecule has 0 aliphatic heterocycles. The van der Waals surface area contributed by atoms with Gasteiger partial charge in [0.05, 0.1) is 5.71 Å². The summed E-state index contributed by atoms with van der Waals surface area (Å²) in [6.07, 6.45) is 0.467. The normalized spacial score (nSPS) is 12.3. The SMILES string of the molecule is BOCCC(N=C(c1ccccc1)c1ccccc1)C(=O)OC(C)(C)C. The van der Waals surface area contributed by atoms with Gasteiger partial charge in [0, 0.05) is 24.2 Å². The number of carbonyl (C=O) groups excluding carboxylic acids is 1. The van der Waals surface area contributed by atoms with Gasteiger partial charge in [-0.2, -0.15) is 0 Å². The highest BCUT2D eigenvalue weighted by Gasteiger charge is 2.25. The van der Waals surface area contributed by atoms with Crippen LogP contribution in [0.4, 0.5) is 0 Å². The molecule has 0 radical (unpaired) electrons. The third-order valence-corrected chi connectivity index (χ3v) is 3.65. The van der Waals surface area contributed by atoms with Crippen molar-refractivity contribution in [3.63, 3.8) is 0 Å². The van der Waals surface area contributed by atoms with Crippen LogP contribution >= 0.6 is 0 Å². The summed E-state index contributed by atoms with van der Waals surface area (Å²) in [5.74, 6) is -0.334.